The lowest BCUT2D eigenvalue weighted by Gasteiger charge is -2.02. The average Bonchev–Trinajstić information content (AvgIpc) is 2.50. The molecular weight excluding hydrogens is 222 g/mol. The van der Waals surface area contributed by atoms with Crippen LogP contribution >= 0.6 is 0 Å². The Morgan fingerprint density at radius 1 is 1.47 bits per heavy atom. The third-order valence-electron chi connectivity index (χ3n) is 2.55. The van der Waals surface area contributed by atoms with Gasteiger partial charge in [0.2, 0.25) is 11.8 Å². The molecule has 17 heavy (non-hydrogen) atoms. The first-order chi connectivity index (χ1) is 8.04. The lowest BCUT2D eigenvalue weighted by atomic mass is 10.2. The van der Waals surface area contributed by atoms with Gasteiger partial charge in [0.1, 0.15) is 0 Å². The molecule has 0 fully saturated rings. The first-order valence-electron chi connectivity index (χ1n) is 4.97. The highest BCUT2D eigenvalue weighted by atomic mass is 16.3. The third kappa shape index (κ3) is 1.73. The number of carbonyl (C=O) groups excluding carboxylic acids is 1. The van der Waals surface area contributed by atoms with E-state index in [9.17, 15) is 14.8 Å². The number of aromatic nitrogens is 1. The number of carbonyl (C=O) groups is 1. The number of amides is 1. The Labute approximate surface area is 96.8 Å². The van der Waals surface area contributed by atoms with Crippen LogP contribution < -0.4 is 5.32 Å². The van der Waals surface area contributed by atoms with Crippen LogP contribution in [0.3, 0.4) is 0 Å². The van der Waals surface area contributed by atoms with Gasteiger partial charge in [0, 0.05) is 25.0 Å². The fourth-order valence-corrected chi connectivity index (χ4v) is 1.78. The number of nitroso groups, excluding NO2 is 1. The van der Waals surface area contributed by atoms with Gasteiger partial charge in [-0.25, -0.2) is 0 Å². The third-order valence-corrected chi connectivity index (χ3v) is 2.55. The molecule has 88 valence electrons. The zero-order valence-electron chi connectivity index (χ0n) is 9.39. The van der Waals surface area contributed by atoms with Crippen LogP contribution in [0.15, 0.2) is 23.4 Å². The monoisotopic (exact) mass is 233 g/mol. The molecule has 1 amide bonds. The minimum Gasteiger partial charge on any atom is -0.493 e. The van der Waals surface area contributed by atoms with E-state index in [4.69, 9.17) is 0 Å². The van der Waals surface area contributed by atoms with Crippen LogP contribution in [-0.4, -0.2) is 15.6 Å². The van der Waals surface area contributed by atoms with Crippen molar-refractivity contribution in [1.82, 2.24) is 4.57 Å². The van der Waals surface area contributed by atoms with Crippen LogP contribution in [0.25, 0.3) is 10.9 Å². The van der Waals surface area contributed by atoms with E-state index in [0.717, 1.165) is 0 Å². The van der Waals surface area contributed by atoms with Gasteiger partial charge in [0.15, 0.2) is 5.69 Å². The molecule has 0 atom stereocenters. The molecule has 1 heterocycles. The van der Waals surface area contributed by atoms with Gasteiger partial charge in [-0.2, -0.15) is 0 Å². The predicted molar refractivity (Wildman–Crippen MR) is 64.3 cm³/mol. The number of benzene rings is 1. The standard InChI is InChI=1S/C11H11N3O3/c1-6(15)12-7-3-4-9-8(5-7)10(13-17)11(16)14(9)2/h3-5,16H,1-2H3,(H,12,15). The Kier molecular flexibility index (Phi) is 2.55. The summed E-state index contributed by atoms with van der Waals surface area (Å²) in [5, 5.41) is 15.6. The summed E-state index contributed by atoms with van der Waals surface area (Å²) in [5.74, 6) is -0.389. The number of hydrogen-bond acceptors (Lipinski definition) is 4. The molecule has 6 heteroatoms. The summed E-state index contributed by atoms with van der Waals surface area (Å²) in [7, 11) is 1.63. The Balaban J connectivity index is 2.67. The Morgan fingerprint density at radius 3 is 2.76 bits per heavy atom. The van der Waals surface area contributed by atoms with Crippen LogP contribution in [0.1, 0.15) is 6.92 Å². The topological polar surface area (TPSA) is 83.7 Å². The van der Waals surface area contributed by atoms with Gasteiger partial charge in [0.25, 0.3) is 0 Å². The molecule has 1 aromatic heterocycles. The van der Waals surface area contributed by atoms with Crippen molar-refractivity contribution in [1.29, 1.82) is 0 Å². The van der Waals surface area contributed by atoms with E-state index in [1.54, 1.807) is 25.2 Å². The zero-order valence-corrected chi connectivity index (χ0v) is 9.39. The molecule has 0 aliphatic rings. The summed E-state index contributed by atoms with van der Waals surface area (Å²) < 4.78 is 1.46. The molecule has 0 saturated carbocycles. The largest absolute Gasteiger partial charge is 0.493 e. The average molecular weight is 233 g/mol. The second-order valence-electron chi connectivity index (χ2n) is 3.74. The smallest absolute Gasteiger partial charge is 0.222 e. The van der Waals surface area contributed by atoms with Gasteiger partial charge in [-0.15, -0.1) is 4.91 Å². The van der Waals surface area contributed by atoms with Crippen molar-refractivity contribution >= 4 is 28.2 Å². The molecule has 6 nitrogen and oxygen atoms in total. The summed E-state index contributed by atoms with van der Waals surface area (Å²) in [4.78, 5) is 21.6. The number of anilines is 1. The van der Waals surface area contributed by atoms with E-state index in [2.05, 4.69) is 10.5 Å². The molecule has 2 N–H and O–H groups in total. The highest BCUT2D eigenvalue weighted by Gasteiger charge is 2.15. The first kappa shape index (κ1) is 11.1. The van der Waals surface area contributed by atoms with Crippen LogP contribution in [0.2, 0.25) is 0 Å². The summed E-state index contributed by atoms with van der Waals surface area (Å²) in [6.07, 6.45) is 0. The highest BCUT2D eigenvalue weighted by Crippen LogP contribution is 2.38. The molecule has 2 aromatic rings. The zero-order chi connectivity index (χ0) is 12.6. The Hall–Kier alpha value is -2.37. The summed E-state index contributed by atoms with van der Waals surface area (Å²) in [6.45, 7) is 1.39. The van der Waals surface area contributed by atoms with Gasteiger partial charge in [-0.1, -0.05) is 0 Å². The van der Waals surface area contributed by atoms with E-state index in [0.29, 0.717) is 16.6 Å². The van der Waals surface area contributed by atoms with Gasteiger partial charge in [-0.3, -0.25) is 4.79 Å². The van der Waals surface area contributed by atoms with Crippen molar-refractivity contribution in [3.8, 4) is 5.88 Å². The van der Waals surface area contributed by atoms with Crippen molar-refractivity contribution < 1.29 is 9.90 Å². The van der Waals surface area contributed by atoms with Crippen molar-refractivity contribution in [2.75, 3.05) is 5.32 Å². The fraction of sp³-hybridized carbons (Fsp3) is 0.182. The van der Waals surface area contributed by atoms with Crippen molar-refractivity contribution in [3.05, 3.63) is 23.1 Å². The van der Waals surface area contributed by atoms with Crippen molar-refractivity contribution in [2.45, 2.75) is 6.92 Å². The second kappa shape index (κ2) is 3.89. The SMILES string of the molecule is CC(=O)Nc1ccc2c(c1)c(N=O)c(O)n2C. The van der Waals surface area contributed by atoms with Crippen molar-refractivity contribution in [2.24, 2.45) is 12.2 Å². The van der Waals surface area contributed by atoms with Crippen LogP contribution in [0.5, 0.6) is 5.88 Å². The van der Waals surface area contributed by atoms with E-state index < -0.39 is 0 Å². The normalized spacial score (nSPS) is 10.5. The molecule has 0 aliphatic heterocycles. The van der Waals surface area contributed by atoms with Gasteiger partial charge in [-0.05, 0) is 23.4 Å². The molecular formula is C11H11N3O3. The molecule has 0 spiro atoms. The summed E-state index contributed by atoms with van der Waals surface area (Å²) in [6, 6.07) is 5.00. The maximum absolute atomic E-state index is 10.9. The minimum atomic E-state index is -0.204. The molecule has 0 saturated heterocycles. The highest BCUT2D eigenvalue weighted by molar-refractivity contribution is 5.99. The number of aryl methyl sites for hydroxylation is 1. The van der Waals surface area contributed by atoms with E-state index in [-0.39, 0.29) is 17.5 Å². The number of nitrogens with one attached hydrogen (secondary N) is 1. The van der Waals surface area contributed by atoms with Crippen LogP contribution in [-0.2, 0) is 11.8 Å². The number of aromatic hydroxyl groups is 1. The molecule has 2 rings (SSSR count). The molecule has 1 aromatic carbocycles. The lowest BCUT2D eigenvalue weighted by molar-refractivity contribution is -0.114. The second-order valence-corrected chi connectivity index (χ2v) is 3.74. The van der Waals surface area contributed by atoms with Crippen LogP contribution in [0.4, 0.5) is 11.4 Å². The minimum absolute atomic E-state index is 0.0188. The maximum Gasteiger partial charge on any atom is 0.222 e. The number of nitrogens with zero attached hydrogens (tertiary/aromatic N) is 2. The maximum atomic E-state index is 10.9. The van der Waals surface area contributed by atoms with Crippen molar-refractivity contribution in [3.63, 3.8) is 0 Å². The summed E-state index contributed by atoms with van der Waals surface area (Å²) in [5.41, 5.74) is 1.21. The van der Waals surface area contributed by atoms with Gasteiger partial charge in [0.05, 0.1) is 5.52 Å². The molecule has 0 radical (unpaired) electrons. The molecule has 0 unspecified atom stereocenters. The molecule has 0 bridgehead atoms. The van der Waals surface area contributed by atoms with Gasteiger partial charge < -0.3 is 15.0 Å². The van der Waals surface area contributed by atoms with E-state index >= 15 is 0 Å². The summed E-state index contributed by atoms with van der Waals surface area (Å²) >= 11 is 0. The molecule has 0 aliphatic carbocycles. The Morgan fingerprint density at radius 2 is 2.18 bits per heavy atom. The predicted octanol–water partition coefficient (Wildman–Crippen LogP) is 2.24. The van der Waals surface area contributed by atoms with E-state index in [1.165, 1.54) is 11.5 Å². The number of rotatable bonds is 2. The number of fused-ring (bicyclic) bond motifs is 1. The van der Waals surface area contributed by atoms with Gasteiger partial charge >= 0.3 is 0 Å². The van der Waals surface area contributed by atoms with E-state index in [1.807, 2.05) is 0 Å². The first-order valence-corrected chi connectivity index (χ1v) is 4.97. The Bertz CT molecular complexity index is 616. The number of hydrogen-bond donors (Lipinski definition) is 2. The van der Waals surface area contributed by atoms with Crippen LogP contribution in [0, 0.1) is 4.91 Å². The lowest BCUT2D eigenvalue weighted by Crippen LogP contribution is -2.05. The fourth-order valence-electron chi connectivity index (χ4n) is 1.78. The quantitative estimate of drug-likeness (QED) is 0.780.